The van der Waals surface area contributed by atoms with Crippen molar-refractivity contribution >= 4 is 40.2 Å². The number of hydrogen-bond acceptors (Lipinski definition) is 8. The minimum absolute atomic E-state index is 0.119. The average molecular weight is 503 g/mol. The van der Waals surface area contributed by atoms with Crippen molar-refractivity contribution in [3.63, 3.8) is 0 Å². The van der Waals surface area contributed by atoms with E-state index < -0.39 is 15.6 Å². The Labute approximate surface area is 208 Å². The molecule has 178 valence electrons. The summed E-state index contributed by atoms with van der Waals surface area (Å²) < 4.78 is 1.24. The van der Waals surface area contributed by atoms with Crippen LogP contribution in [0, 0.1) is 20.2 Å². The fourth-order valence-electron chi connectivity index (χ4n) is 3.10. The molecule has 12 heteroatoms. The Kier molecular flexibility index (Phi) is 7.02. The zero-order valence-electron chi connectivity index (χ0n) is 18.3. The van der Waals surface area contributed by atoms with Gasteiger partial charge in [-0.15, -0.1) is 0 Å². The first kappa shape index (κ1) is 24.1. The van der Waals surface area contributed by atoms with Crippen LogP contribution in [0.25, 0.3) is 22.8 Å². The number of rotatable bonds is 7. The number of nitro benzene ring substituents is 2. The maximum atomic E-state index is 13.4. The number of hydrogen-bond donors (Lipinski definition) is 0. The van der Waals surface area contributed by atoms with Crippen LogP contribution in [0.2, 0.25) is 5.02 Å². The molecule has 0 atom stereocenters. The van der Waals surface area contributed by atoms with Gasteiger partial charge in [0.15, 0.2) is 0 Å². The second kappa shape index (κ2) is 10.5. The van der Waals surface area contributed by atoms with Gasteiger partial charge in [-0.05, 0) is 59.2 Å². The molecule has 36 heavy (non-hydrogen) atoms. The van der Waals surface area contributed by atoms with Crippen LogP contribution in [0.5, 0.6) is 0 Å². The van der Waals surface area contributed by atoms with Gasteiger partial charge >= 0.3 is 5.82 Å². The summed E-state index contributed by atoms with van der Waals surface area (Å²) in [6, 6.07) is 20.7. The molecule has 0 spiro atoms. The van der Waals surface area contributed by atoms with Gasteiger partial charge < -0.3 is 5.11 Å². The molecule has 0 saturated heterocycles. The van der Waals surface area contributed by atoms with E-state index in [-0.39, 0.29) is 28.4 Å². The predicted octanol–water partition coefficient (Wildman–Crippen LogP) is 4.93. The molecular formula is C24H15ClN6O5. The minimum atomic E-state index is -0.596. The fourth-order valence-corrected chi connectivity index (χ4v) is 3.22. The molecule has 4 aromatic rings. The Morgan fingerprint density at radius 3 is 2.00 bits per heavy atom. The summed E-state index contributed by atoms with van der Waals surface area (Å²) in [5, 5.41) is 48.4. The Morgan fingerprint density at radius 2 is 1.42 bits per heavy atom. The zero-order valence-corrected chi connectivity index (χ0v) is 19.0. The number of aromatic nitrogens is 2. The Balaban J connectivity index is 1.79. The summed E-state index contributed by atoms with van der Waals surface area (Å²) in [7, 11) is 0. The molecular weight excluding hydrogens is 488 g/mol. The van der Waals surface area contributed by atoms with Gasteiger partial charge in [0.1, 0.15) is 17.6 Å². The van der Waals surface area contributed by atoms with E-state index in [4.69, 9.17) is 11.6 Å². The molecule has 0 N–H and O–H groups in total. The molecule has 0 aliphatic carbocycles. The van der Waals surface area contributed by atoms with Crippen LogP contribution in [0.15, 0.2) is 101 Å². The second-order valence-electron chi connectivity index (χ2n) is 7.28. The number of halogens is 1. The van der Waals surface area contributed by atoms with Gasteiger partial charge in [-0.3, -0.25) is 20.2 Å². The normalized spacial score (nSPS) is 11.8. The van der Waals surface area contributed by atoms with Crippen molar-refractivity contribution < 1.29 is 19.6 Å². The zero-order chi connectivity index (χ0) is 25.7. The first-order valence-corrected chi connectivity index (χ1v) is 10.7. The molecule has 0 aliphatic rings. The highest BCUT2D eigenvalue weighted by Crippen LogP contribution is 2.23. The summed E-state index contributed by atoms with van der Waals surface area (Å²) in [5.74, 6) is -0.792. The lowest BCUT2D eigenvalue weighted by Crippen LogP contribution is -2.37. The number of azo groups is 1. The molecule has 0 amide bonds. The van der Waals surface area contributed by atoms with Crippen LogP contribution in [-0.4, -0.2) is 14.9 Å². The quantitative estimate of drug-likeness (QED) is 0.115. The molecule has 3 aromatic carbocycles. The number of nitro groups is 2. The van der Waals surface area contributed by atoms with E-state index in [1.54, 1.807) is 36.4 Å². The van der Waals surface area contributed by atoms with Crippen molar-refractivity contribution in [1.29, 1.82) is 0 Å². The van der Waals surface area contributed by atoms with Crippen molar-refractivity contribution in [2.24, 2.45) is 10.2 Å². The van der Waals surface area contributed by atoms with Gasteiger partial charge in [0.05, 0.1) is 15.0 Å². The second-order valence-corrected chi connectivity index (χ2v) is 7.71. The molecule has 1 heterocycles. The highest BCUT2D eigenvalue weighted by Gasteiger charge is 2.18. The number of nitrogens with zero attached hydrogens (tertiary/aromatic N) is 6. The highest BCUT2D eigenvalue weighted by molar-refractivity contribution is 6.30. The first-order chi connectivity index (χ1) is 17.3. The molecule has 0 bridgehead atoms. The van der Waals surface area contributed by atoms with Crippen LogP contribution in [-0.2, 0) is 0 Å². The topological polar surface area (TPSA) is 151 Å². The smallest absolute Gasteiger partial charge is 0.368 e. The molecule has 0 aliphatic heterocycles. The lowest BCUT2D eigenvalue weighted by Gasteiger charge is -2.11. The van der Waals surface area contributed by atoms with Crippen LogP contribution < -0.4 is 9.79 Å². The van der Waals surface area contributed by atoms with Crippen LogP contribution in [0.1, 0.15) is 5.56 Å². The summed E-state index contributed by atoms with van der Waals surface area (Å²) in [5.41, 5.74) is 1.37. The summed E-state index contributed by atoms with van der Waals surface area (Å²) in [6.07, 6.45) is 1.51. The molecule has 0 fully saturated rings. The molecule has 0 unspecified atom stereocenters. The van der Waals surface area contributed by atoms with E-state index in [9.17, 15) is 25.3 Å². The van der Waals surface area contributed by atoms with E-state index in [0.717, 1.165) is 5.56 Å². The van der Waals surface area contributed by atoms with Gasteiger partial charge in [-0.2, -0.15) is 0 Å². The van der Waals surface area contributed by atoms with Crippen molar-refractivity contribution in [3.8, 4) is 11.3 Å². The van der Waals surface area contributed by atoms with E-state index in [0.29, 0.717) is 10.7 Å². The Morgan fingerprint density at radius 1 is 0.833 bits per heavy atom. The van der Waals surface area contributed by atoms with Gasteiger partial charge in [0.25, 0.3) is 11.4 Å². The SMILES string of the molecule is O=[N+]([O-])c1ccc(N=N/C(=C(/[O-])c2ccc([N+](=O)[O-])cc2)[n+]2cccc(-c3ccc(Cl)cc3)n2)cc1. The van der Waals surface area contributed by atoms with E-state index >= 15 is 0 Å². The molecule has 1 aromatic heterocycles. The minimum Gasteiger partial charge on any atom is -0.866 e. The lowest BCUT2D eigenvalue weighted by atomic mass is 10.1. The van der Waals surface area contributed by atoms with Gasteiger partial charge in [-0.1, -0.05) is 33.5 Å². The summed E-state index contributed by atoms with van der Waals surface area (Å²) in [6.45, 7) is 0. The monoisotopic (exact) mass is 502 g/mol. The third-order valence-electron chi connectivity index (χ3n) is 4.92. The van der Waals surface area contributed by atoms with Gasteiger partial charge in [0.2, 0.25) is 0 Å². The third kappa shape index (κ3) is 5.54. The predicted molar refractivity (Wildman–Crippen MR) is 129 cm³/mol. The Hall–Kier alpha value is -5.03. The average Bonchev–Trinajstić information content (AvgIpc) is 2.89. The maximum Gasteiger partial charge on any atom is 0.368 e. The van der Waals surface area contributed by atoms with Gasteiger partial charge in [0, 0.05) is 40.6 Å². The molecule has 4 rings (SSSR count). The van der Waals surface area contributed by atoms with Crippen LogP contribution in [0.3, 0.4) is 0 Å². The third-order valence-corrected chi connectivity index (χ3v) is 5.17. The standard InChI is InChI=1S/C24H15ClN6O5/c25-18-7-3-16(4-8-18)22-2-1-15-29(28-22)24(23(32)17-5-11-20(12-6-17)30(33)34)27-26-19-9-13-21(14-10-19)31(35)36/h1-15H. The Bertz CT molecular complexity index is 1490. The van der Waals surface area contributed by atoms with E-state index in [2.05, 4.69) is 15.3 Å². The molecule has 11 nitrogen and oxygen atoms in total. The molecule has 0 radical (unpaired) electrons. The highest BCUT2D eigenvalue weighted by atomic mass is 35.5. The number of non-ortho nitro benzene ring substituents is 2. The van der Waals surface area contributed by atoms with Crippen molar-refractivity contribution in [2.45, 2.75) is 0 Å². The van der Waals surface area contributed by atoms with Crippen molar-refractivity contribution in [2.75, 3.05) is 0 Å². The molecule has 0 saturated carbocycles. The van der Waals surface area contributed by atoms with E-state index in [1.807, 2.05) is 0 Å². The van der Waals surface area contributed by atoms with Gasteiger partial charge in [-0.25, -0.2) is 0 Å². The van der Waals surface area contributed by atoms with E-state index in [1.165, 1.54) is 59.4 Å². The van der Waals surface area contributed by atoms with Crippen molar-refractivity contribution in [1.82, 2.24) is 5.10 Å². The maximum absolute atomic E-state index is 13.4. The largest absolute Gasteiger partial charge is 0.866 e. The van der Waals surface area contributed by atoms with Crippen molar-refractivity contribution in [3.05, 3.63) is 122 Å². The summed E-state index contributed by atoms with van der Waals surface area (Å²) in [4.78, 5) is 20.7. The first-order valence-electron chi connectivity index (χ1n) is 10.3. The van der Waals surface area contributed by atoms with Crippen LogP contribution in [0.4, 0.5) is 17.1 Å². The van der Waals surface area contributed by atoms with Crippen LogP contribution >= 0.6 is 11.6 Å². The fraction of sp³-hybridized carbons (Fsp3) is 0. The summed E-state index contributed by atoms with van der Waals surface area (Å²) >= 11 is 5.97. The number of benzene rings is 3. The lowest BCUT2D eigenvalue weighted by molar-refractivity contribution is -0.648.